The third-order valence-electron chi connectivity index (χ3n) is 5.34. The number of hydrogen-bond donors (Lipinski definition) is 7. The molecule has 0 saturated heterocycles. The highest BCUT2D eigenvalue weighted by Gasteiger charge is 2.32. The lowest BCUT2D eigenvalue weighted by Gasteiger charge is -2.27. The molecule has 1 aromatic carbocycles. The SMILES string of the molecule is CC(C)CC(NC(=O)C(NC(=O)C(N)Cc1ccc(O)cc1)C(C)C)C(=O)NC(CC(N)=O)C(=O)O. The maximum Gasteiger partial charge on any atom is 0.326 e. The summed E-state index contributed by atoms with van der Waals surface area (Å²) in [7, 11) is 0. The molecule has 0 fully saturated rings. The predicted molar refractivity (Wildman–Crippen MR) is 131 cm³/mol. The van der Waals surface area contributed by atoms with E-state index in [1.54, 1.807) is 26.0 Å². The van der Waals surface area contributed by atoms with Crippen molar-refractivity contribution in [2.24, 2.45) is 23.3 Å². The molecule has 1 aromatic rings. The minimum absolute atomic E-state index is 0.0497. The lowest BCUT2D eigenvalue weighted by atomic mass is 9.98. The van der Waals surface area contributed by atoms with Crippen LogP contribution in [0.15, 0.2) is 24.3 Å². The lowest BCUT2D eigenvalue weighted by molar-refractivity contribution is -0.144. The van der Waals surface area contributed by atoms with Crippen LogP contribution in [0.25, 0.3) is 0 Å². The van der Waals surface area contributed by atoms with Gasteiger partial charge in [-0.25, -0.2) is 4.79 Å². The number of aliphatic carboxylic acids is 1. The van der Waals surface area contributed by atoms with E-state index in [0.29, 0.717) is 0 Å². The van der Waals surface area contributed by atoms with Crippen molar-refractivity contribution >= 4 is 29.6 Å². The molecule has 0 bridgehead atoms. The van der Waals surface area contributed by atoms with E-state index in [2.05, 4.69) is 16.0 Å². The van der Waals surface area contributed by atoms with Gasteiger partial charge >= 0.3 is 5.97 Å². The standard InChI is InChI=1S/C24H37N5O7/c1-12(2)9-17(22(33)28-18(24(35)36)11-19(26)31)27-23(34)20(13(3)4)29-21(32)16(25)10-14-5-7-15(30)8-6-14/h5-8,12-13,16-18,20,30H,9-11,25H2,1-4H3,(H2,26,31)(H,27,34)(H,28,33)(H,29,32)(H,35,36). The van der Waals surface area contributed by atoms with Gasteiger partial charge < -0.3 is 37.6 Å². The van der Waals surface area contributed by atoms with Crippen LogP contribution < -0.4 is 27.4 Å². The molecule has 4 amide bonds. The first kappa shape index (κ1) is 30.4. The Hall–Kier alpha value is -3.67. The van der Waals surface area contributed by atoms with E-state index in [1.165, 1.54) is 12.1 Å². The second-order valence-corrected chi connectivity index (χ2v) is 9.47. The number of primary amides is 1. The fourth-order valence-corrected chi connectivity index (χ4v) is 3.41. The molecule has 0 aliphatic carbocycles. The molecule has 12 nitrogen and oxygen atoms in total. The van der Waals surface area contributed by atoms with E-state index in [9.17, 15) is 34.2 Å². The van der Waals surface area contributed by atoms with Crippen LogP contribution in [0.5, 0.6) is 5.75 Å². The summed E-state index contributed by atoms with van der Waals surface area (Å²) in [5.41, 5.74) is 11.8. The van der Waals surface area contributed by atoms with Crippen LogP contribution in [-0.2, 0) is 30.4 Å². The van der Waals surface area contributed by atoms with Gasteiger partial charge in [-0.05, 0) is 42.4 Å². The molecule has 200 valence electrons. The molecule has 36 heavy (non-hydrogen) atoms. The van der Waals surface area contributed by atoms with Crippen LogP contribution in [0.1, 0.15) is 46.1 Å². The number of phenols is 1. The highest BCUT2D eigenvalue weighted by molar-refractivity contribution is 5.95. The predicted octanol–water partition coefficient (Wildman–Crippen LogP) is -0.621. The highest BCUT2D eigenvalue weighted by Crippen LogP contribution is 2.12. The van der Waals surface area contributed by atoms with Crippen molar-refractivity contribution < 1.29 is 34.2 Å². The Balaban J connectivity index is 2.93. The first-order valence-electron chi connectivity index (χ1n) is 11.7. The molecular formula is C24H37N5O7. The van der Waals surface area contributed by atoms with Crippen LogP contribution in [0, 0.1) is 11.8 Å². The zero-order valence-electron chi connectivity index (χ0n) is 21.0. The third-order valence-corrected chi connectivity index (χ3v) is 5.34. The topological polar surface area (TPSA) is 214 Å². The number of amides is 4. The molecule has 0 radical (unpaired) electrons. The van der Waals surface area contributed by atoms with Crippen molar-refractivity contribution in [1.82, 2.24) is 16.0 Å². The van der Waals surface area contributed by atoms with Gasteiger partial charge in [0.2, 0.25) is 23.6 Å². The van der Waals surface area contributed by atoms with Crippen LogP contribution in [0.2, 0.25) is 0 Å². The smallest absolute Gasteiger partial charge is 0.326 e. The average molecular weight is 508 g/mol. The summed E-state index contributed by atoms with van der Waals surface area (Å²) in [6.45, 7) is 7.05. The Morgan fingerprint density at radius 3 is 1.89 bits per heavy atom. The van der Waals surface area contributed by atoms with Gasteiger partial charge in [-0.1, -0.05) is 39.8 Å². The number of hydrogen-bond acceptors (Lipinski definition) is 7. The summed E-state index contributed by atoms with van der Waals surface area (Å²) in [6, 6.07) is 1.57. The first-order chi connectivity index (χ1) is 16.7. The number of carbonyl (C=O) groups excluding carboxylic acids is 4. The van der Waals surface area contributed by atoms with Gasteiger partial charge in [-0.2, -0.15) is 0 Å². The Bertz CT molecular complexity index is 933. The van der Waals surface area contributed by atoms with Gasteiger partial charge in [0.25, 0.3) is 0 Å². The average Bonchev–Trinajstić information content (AvgIpc) is 2.76. The number of phenolic OH excluding ortho intramolecular Hbond substituents is 1. The number of carboxylic acid groups (broad SMARTS) is 1. The van der Waals surface area contributed by atoms with Crippen LogP contribution in [0.3, 0.4) is 0 Å². The molecule has 12 heteroatoms. The fourth-order valence-electron chi connectivity index (χ4n) is 3.41. The Kier molecular flexibility index (Phi) is 11.8. The number of aromatic hydroxyl groups is 1. The van der Waals surface area contributed by atoms with Crippen LogP contribution in [0.4, 0.5) is 0 Å². The van der Waals surface area contributed by atoms with E-state index in [-0.39, 0.29) is 30.4 Å². The molecule has 4 unspecified atom stereocenters. The summed E-state index contributed by atoms with van der Waals surface area (Å²) in [6.07, 6.45) is -0.250. The normalized spacial score (nSPS) is 14.4. The highest BCUT2D eigenvalue weighted by atomic mass is 16.4. The second kappa shape index (κ2) is 14.0. The zero-order valence-corrected chi connectivity index (χ0v) is 21.0. The minimum Gasteiger partial charge on any atom is -0.508 e. The van der Waals surface area contributed by atoms with E-state index in [1.807, 2.05) is 13.8 Å². The number of rotatable bonds is 14. The molecule has 0 aliphatic heterocycles. The summed E-state index contributed by atoms with van der Waals surface area (Å²) in [5, 5.41) is 26.1. The van der Waals surface area contributed by atoms with Gasteiger partial charge in [0.1, 0.15) is 23.9 Å². The van der Waals surface area contributed by atoms with Gasteiger partial charge in [0.15, 0.2) is 0 Å². The van der Waals surface area contributed by atoms with E-state index < -0.39 is 60.2 Å². The first-order valence-corrected chi connectivity index (χ1v) is 11.7. The molecule has 0 saturated carbocycles. The van der Waals surface area contributed by atoms with Crippen molar-refractivity contribution in [2.45, 2.75) is 71.1 Å². The number of benzene rings is 1. The van der Waals surface area contributed by atoms with Crippen molar-refractivity contribution in [3.63, 3.8) is 0 Å². The lowest BCUT2D eigenvalue weighted by Crippen LogP contribution is -2.59. The van der Waals surface area contributed by atoms with E-state index in [0.717, 1.165) is 5.56 Å². The Morgan fingerprint density at radius 2 is 1.42 bits per heavy atom. The molecule has 0 aliphatic rings. The van der Waals surface area contributed by atoms with E-state index in [4.69, 9.17) is 11.5 Å². The van der Waals surface area contributed by atoms with Crippen LogP contribution >= 0.6 is 0 Å². The molecule has 0 aromatic heterocycles. The van der Waals surface area contributed by atoms with E-state index >= 15 is 0 Å². The van der Waals surface area contributed by atoms with Crippen molar-refractivity contribution in [3.8, 4) is 5.75 Å². The Morgan fingerprint density at radius 1 is 0.861 bits per heavy atom. The van der Waals surface area contributed by atoms with Crippen molar-refractivity contribution in [3.05, 3.63) is 29.8 Å². The van der Waals surface area contributed by atoms with Gasteiger partial charge in [0, 0.05) is 0 Å². The largest absolute Gasteiger partial charge is 0.508 e. The summed E-state index contributed by atoms with van der Waals surface area (Å²) in [4.78, 5) is 61.1. The Labute approximate surface area is 210 Å². The molecule has 0 heterocycles. The van der Waals surface area contributed by atoms with Crippen LogP contribution in [-0.4, -0.2) is 64.0 Å². The number of carbonyl (C=O) groups is 5. The number of nitrogens with two attached hydrogens (primary N) is 2. The third kappa shape index (κ3) is 10.3. The summed E-state index contributed by atoms with van der Waals surface area (Å²) >= 11 is 0. The summed E-state index contributed by atoms with van der Waals surface area (Å²) < 4.78 is 0. The maximum atomic E-state index is 13.1. The molecule has 9 N–H and O–H groups in total. The molecule has 4 atom stereocenters. The minimum atomic E-state index is -1.54. The van der Waals surface area contributed by atoms with Gasteiger partial charge in [-0.3, -0.25) is 19.2 Å². The number of nitrogens with one attached hydrogen (secondary N) is 3. The molecular weight excluding hydrogens is 470 g/mol. The molecule has 0 spiro atoms. The zero-order chi connectivity index (χ0) is 27.6. The number of carboxylic acids is 1. The second-order valence-electron chi connectivity index (χ2n) is 9.47. The van der Waals surface area contributed by atoms with Gasteiger partial charge in [0.05, 0.1) is 12.5 Å². The maximum absolute atomic E-state index is 13.1. The summed E-state index contributed by atoms with van der Waals surface area (Å²) in [5.74, 6) is -4.68. The fraction of sp³-hybridized carbons (Fsp3) is 0.542. The van der Waals surface area contributed by atoms with Crippen molar-refractivity contribution in [2.75, 3.05) is 0 Å². The van der Waals surface area contributed by atoms with Gasteiger partial charge in [-0.15, -0.1) is 0 Å². The molecule has 1 rings (SSSR count). The quantitative estimate of drug-likeness (QED) is 0.172. The monoisotopic (exact) mass is 507 g/mol. The van der Waals surface area contributed by atoms with Crippen molar-refractivity contribution in [1.29, 1.82) is 0 Å².